The van der Waals surface area contributed by atoms with Gasteiger partial charge in [-0.2, -0.15) is 0 Å². The molecule has 0 bridgehead atoms. The van der Waals surface area contributed by atoms with Gasteiger partial charge in [-0.15, -0.1) is 0 Å². The average molecular weight is 428 g/mol. The molecular weight excluding hydrogens is 397 g/mol. The SMILES string of the molecule is CN=C(NCc1ccnc(N2CCOC(C)C2)c1)NC1CCN(c2ncccc2F)C1. The fraction of sp³-hybridized carbons (Fsp3) is 0.500. The first kappa shape index (κ1) is 21.3. The fourth-order valence-electron chi connectivity index (χ4n) is 4.02. The lowest BCUT2D eigenvalue weighted by Gasteiger charge is -2.32. The molecule has 4 rings (SSSR count). The van der Waals surface area contributed by atoms with Crippen molar-refractivity contribution < 1.29 is 9.13 Å². The topological polar surface area (TPSA) is 77.9 Å². The van der Waals surface area contributed by atoms with E-state index < -0.39 is 0 Å². The van der Waals surface area contributed by atoms with Crippen LogP contribution in [-0.2, 0) is 11.3 Å². The van der Waals surface area contributed by atoms with Gasteiger partial charge in [-0.3, -0.25) is 4.99 Å². The highest BCUT2D eigenvalue weighted by Gasteiger charge is 2.26. The van der Waals surface area contributed by atoms with Crippen LogP contribution in [0.2, 0.25) is 0 Å². The summed E-state index contributed by atoms with van der Waals surface area (Å²) in [7, 11) is 1.76. The Hall–Kier alpha value is -2.94. The van der Waals surface area contributed by atoms with Crippen molar-refractivity contribution in [3.63, 3.8) is 0 Å². The maximum Gasteiger partial charge on any atom is 0.191 e. The standard InChI is InChI=1S/C22H30FN7O/c1-16-14-29(10-11-31-16)20-12-17(5-8-25-20)13-27-22(24-2)28-18-6-9-30(15-18)21-19(23)4-3-7-26-21/h3-5,7-8,12,16,18H,6,9-11,13-15H2,1-2H3,(H2,24,27,28). The quantitative estimate of drug-likeness (QED) is 0.556. The van der Waals surface area contributed by atoms with Gasteiger partial charge in [-0.05, 0) is 43.2 Å². The minimum Gasteiger partial charge on any atom is -0.375 e. The molecule has 2 aliphatic heterocycles. The summed E-state index contributed by atoms with van der Waals surface area (Å²) in [6.45, 7) is 6.59. The largest absolute Gasteiger partial charge is 0.375 e. The first-order valence-corrected chi connectivity index (χ1v) is 10.8. The molecule has 0 amide bonds. The average Bonchev–Trinajstić information content (AvgIpc) is 3.25. The van der Waals surface area contributed by atoms with Gasteiger partial charge in [-0.25, -0.2) is 14.4 Å². The second-order valence-corrected chi connectivity index (χ2v) is 7.96. The highest BCUT2D eigenvalue weighted by atomic mass is 19.1. The first-order valence-electron chi connectivity index (χ1n) is 10.8. The minimum absolute atomic E-state index is 0.176. The molecule has 166 valence electrons. The zero-order valence-electron chi connectivity index (χ0n) is 18.1. The Morgan fingerprint density at radius 2 is 2.13 bits per heavy atom. The molecule has 2 fully saturated rings. The lowest BCUT2D eigenvalue weighted by atomic mass is 10.2. The van der Waals surface area contributed by atoms with Gasteiger partial charge in [0.15, 0.2) is 17.6 Å². The van der Waals surface area contributed by atoms with Crippen molar-refractivity contribution in [2.45, 2.75) is 32.0 Å². The molecule has 2 atom stereocenters. The van der Waals surface area contributed by atoms with Crippen molar-refractivity contribution in [3.05, 3.63) is 48.0 Å². The van der Waals surface area contributed by atoms with Crippen LogP contribution in [-0.4, -0.2) is 67.9 Å². The number of guanidine groups is 1. The Balaban J connectivity index is 1.30. The van der Waals surface area contributed by atoms with Gasteiger partial charge in [0.2, 0.25) is 0 Å². The molecule has 0 aliphatic carbocycles. The third kappa shape index (κ3) is 5.41. The van der Waals surface area contributed by atoms with Crippen LogP contribution >= 0.6 is 0 Å². The summed E-state index contributed by atoms with van der Waals surface area (Å²) >= 11 is 0. The number of nitrogens with one attached hydrogen (secondary N) is 2. The summed E-state index contributed by atoms with van der Waals surface area (Å²) in [4.78, 5) is 17.3. The van der Waals surface area contributed by atoms with Gasteiger partial charge in [-0.1, -0.05) is 0 Å². The van der Waals surface area contributed by atoms with Gasteiger partial charge >= 0.3 is 0 Å². The molecule has 0 aromatic carbocycles. The Bertz CT molecular complexity index is 909. The Morgan fingerprint density at radius 1 is 1.23 bits per heavy atom. The van der Waals surface area contributed by atoms with E-state index in [0.29, 0.717) is 18.9 Å². The zero-order chi connectivity index (χ0) is 21.6. The molecule has 8 nitrogen and oxygen atoms in total. The number of hydrogen-bond donors (Lipinski definition) is 2. The number of halogens is 1. The molecule has 2 saturated heterocycles. The highest BCUT2D eigenvalue weighted by molar-refractivity contribution is 5.80. The second-order valence-electron chi connectivity index (χ2n) is 7.96. The predicted octanol–water partition coefficient (Wildman–Crippen LogP) is 1.78. The number of pyridine rings is 2. The maximum atomic E-state index is 14.0. The smallest absolute Gasteiger partial charge is 0.191 e. The van der Waals surface area contributed by atoms with Crippen molar-refractivity contribution in [2.24, 2.45) is 4.99 Å². The summed E-state index contributed by atoms with van der Waals surface area (Å²) in [6, 6.07) is 7.36. The molecule has 2 aromatic heterocycles. The van der Waals surface area contributed by atoms with E-state index in [1.807, 2.05) is 17.2 Å². The van der Waals surface area contributed by atoms with E-state index in [-0.39, 0.29) is 18.0 Å². The van der Waals surface area contributed by atoms with Crippen molar-refractivity contribution in [2.75, 3.05) is 49.6 Å². The van der Waals surface area contributed by atoms with Crippen LogP contribution in [0.3, 0.4) is 0 Å². The van der Waals surface area contributed by atoms with Crippen molar-refractivity contribution in [1.29, 1.82) is 0 Å². The van der Waals surface area contributed by atoms with Gasteiger partial charge in [0.1, 0.15) is 5.82 Å². The number of rotatable bonds is 5. The molecule has 2 aliphatic rings. The third-order valence-corrected chi connectivity index (χ3v) is 5.63. The zero-order valence-corrected chi connectivity index (χ0v) is 18.1. The number of nitrogens with zero attached hydrogens (tertiary/aromatic N) is 5. The van der Waals surface area contributed by atoms with Gasteiger partial charge in [0.05, 0.1) is 12.7 Å². The van der Waals surface area contributed by atoms with Crippen LogP contribution in [0.25, 0.3) is 0 Å². The number of anilines is 2. The van der Waals surface area contributed by atoms with Crippen LogP contribution in [0.15, 0.2) is 41.7 Å². The molecule has 0 spiro atoms. The van der Waals surface area contributed by atoms with Crippen molar-refractivity contribution in [1.82, 2.24) is 20.6 Å². The number of morpholine rings is 1. The lowest BCUT2D eigenvalue weighted by molar-refractivity contribution is 0.0529. The molecule has 31 heavy (non-hydrogen) atoms. The monoisotopic (exact) mass is 427 g/mol. The van der Waals surface area contributed by atoms with Crippen molar-refractivity contribution >= 4 is 17.6 Å². The normalized spacial score (nSPS) is 22.0. The predicted molar refractivity (Wildman–Crippen MR) is 120 cm³/mol. The molecule has 2 aromatic rings. The fourth-order valence-corrected chi connectivity index (χ4v) is 4.02. The highest BCUT2D eigenvalue weighted by Crippen LogP contribution is 2.21. The van der Waals surface area contributed by atoms with Gasteiger partial charge < -0.3 is 25.2 Å². The lowest BCUT2D eigenvalue weighted by Crippen LogP contribution is -2.44. The number of ether oxygens (including phenoxy) is 1. The molecule has 4 heterocycles. The molecule has 0 radical (unpaired) electrons. The Morgan fingerprint density at radius 3 is 2.94 bits per heavy atom. The summed E-state index contributed by atoms with van der Waals surface area (Å²) in [6.07, 6.45) is 4.58. The Labute approximate surface area is 182 Å². The summed E-state index contributed by atoms with van der Waals surface area (Å²) in [5.41, 5.74) is 1.13. The van der Waals surface area contributed by atoms with E-state index >= 15 is 0 Å². The van der Waals surface area contributed by atoms with E-state index in [9.17, 15) is 4.39 Å². The number of aromatic nitrogens is 2. The number of hydrogen-bond acceptors (Lipinski definition) is 6. The summed E-state index contributed by atoms with van der Waals surface area (Å²) < 4.78 is 19.6. The van der Waals surface area contributed by atoms with E-state index in [1.165, 1.54) is 6.07 Å². The first-order chi connectivity index (χ1) is 15.1. The van der Waals surface area contributed by atoms with E-state index in [1.54, 1.807) is 19.3 Å². The molecule has 9 heteroatoms. The van der Waals surface area contributed by atoms with Gasteiger partial charge in [0, 0.05) is 58.2 Å². The van der Waals surface area contributed by atoms with Crippen LogP contribution in [0, 0.1) is 5.82 Å². The molecule has 0 saturated carbocycles. The van der Waals surface area contributed by atoms with Gasteiger partial charge in [0.25, 0.3) is 0 Å². The Kier molecular flexibility index (Phi) is 6.81. The minimum atomic E-state index is -0.284. The van der Waals surface area contributed by atoms with Crippen molar-refractivity contribution in [3.8, 4) is 0 Å². The summed E-state index contributed by atoms with van der Waals surface area (Å²) in [5.74, 6) is 1.83. The number of aliphatic imine (C=N–C) groups is 1. The molecular formula is C22H30FN7O. The van der Waals surface area contributed by atoms with Crippen LogP contribution < -0.4 is 20.4 Å². The van der Waals surface area contributed by atoms with E-state index in [2.05, 4.69) is 43.5 Å². The van der Waals surface area contributed by atoms with Crippen LogP contribution in [0.4, 0.5) is 16.0 Å². The van der Waals surface area contributed by atoms with Crippen LogP contribution in [0.5, 0.6) is 0 Å². The second kappa shape index (κ2) is 9.91. The molecule has 2 unspecified atom stereocenters. The molecule has 2 N–H and O–H groups in total. The van der Waals surface area contributed by atoms with E-state index in [4.69, 9.17) is 4.74 Å². The third-order valence-electron chi connectivity index (χ3n) is 5.63. The van der Waals surface area contributed by atoms with E-state index in [0.717, 1.165) is 50.0 Å². The summed E-state index contributed by atoms with van der Waals surface area (Å²) in [5, 5.41) is 6.82. The van der Waals surface area contributed by atoms with Crippen LogP contribution in [0.1, 0.15) is 18.9 Å². The maximum absolute atomic E-state index is 14.0.